The van der Waals surface area contributed by atoms with Gasteiger partial charge >= 0.3 is 0 Å². The second-order valence-corrected chi connectivity index (χ2v) is 6.28. The van der Waals surface area contributed by atoms with Gasteiger partial charge in [-0.05, 0) is 32.2 Å². The van der Waals surface area contributed by atoms with Gasteiger partial charge in [-0.25, -0.2) is 0 Å². The van der Waals surface area contributed by atoms with Crippen molar-refractivity contribution < 1.29 is 4.43 Å². The molecule has 0 spiro atoms. The molecule has 0 saturated heterocycles. The van der Waals surface area contributed by atoms with E-state index in [4.69, 9.17) is 4.43 Å². The lowest BCUT2D eigenvalue weighted by Crippen LogP contribution is -2.11. The molecule has 97 valence electrons. The average Bonchev–Trinajstić information content (AvgIpc) is 2.39. The maximum absolute atomic E-state index is 5.82. The molecule has 0 aliphatic carbocycles. The van der Waals surface area contributed by atoms with Gasteiger partial charge in [-0.2, -0.15) is 0 Å². The Kier molecular flexibility index (Phi) is 4.41. The molecule has 5 heteroatoms. The van der Waals surface area contributed by atoms with E-state index in [2.05, 4.69) is 28.1 Å². The highest BCUT2D eigenvalue weighted by Crippen LogP contribution is 2.27. The molecule has 0 amide bonds. The van der Waals surface area contributed by atoms with Gasteiger partial charge in [0.15, 0.2) is 0 Å². The van der Waals surface area contributed by atoms with Crippen molar-refractivity contribution in [2.45, 2.75) is 20.0 Å². The Morgan fingerprint density at radius 2 is 1.89 bits per heavy atom. The third-order valence-electron chi connectivity index (χ3n) is 2.42. The smallest absolute Gasteiger partial charge is 0.274 e. The minimum Gasteiger partial charge on any atom is -0.541 e. The van der Waals surface area contributed by atoms with Crippen LogP contribution in [0.5, 0.6) is 5.75 Å². The fraction of sp³-hybridized carbons (Fsp3) is 0.214. The number of aromatic nitrogens is 2. The molecule has 0 bridgehead atoms. The largest absolute Gasteiger partial charge is 0.541 e. The monoisotopic (exact) mass is 270 g/mol. The third-order valence-corrected chi connectivity index (χ3v) is 3.05. The van der Waals surface area contributed by atoms with Crippen molar-refractivity contribution in [1.29, 1.82) is 0 Å². The first-order valence-corrected chi connectivity index (χ1v) is 8.46. The molecule has 0 saturated carbocycles. The van der Waals surface area contributed by atoms with E-state index in [1.165, 1.54) is 0 Å². The van der Waals surface area contributed by atoms with E-state index >= 15 is 0 Å². The Bertz CT molecular complexity index is 584. The van der Waals surface area contributed by atoms with Crippen molar-refractivity contribution in [2.24, 2.45) is 4.99 Å². The van der Waals surface area contributed by atoms with Gasteiger partial charge in [-0.1, -0.05) is 12.1 Å². The van der Waals surface area contributed by atoms with Crippen LogP contribution in [0, 0.1) is 6.92 Å². The number of hydrogen-bond donors (Lipinski definition) is 0. The summed E-state index contributed by atoms with van der Waals surface area (Å²) < 4.78 is 5.82. The highest BCUT2D eigenvalue weighted by molar-refractivity contribution is 6.49. The van der Waals surface area contributed by atoms with Crippen LogP contribution in [-0.2, 0) is 0 Å². The fourth-order valence-corrected chi connectivity index (χ4v) is 2.16. The van der Waals surface area contributed by atoms with Crippen molar-refractivity contribution in [3.05, 3.63) is 48.0 Å². The van der Waals surface area contributed by atoms with Crippen LogP contribution in [0.25, 0.3) is 0 Å². The zero-order valence-electron chi connectivity index (χ0n) is 11.3. The molecular formula is C14H16N3OSi. The first-order chi connectivity index (χ1) is 9.16. The number of para-hydroxylation sites is 2. The van der Waals surface area contributed by atoms with Gasteiger partial charge in [-0.3, -0.25) is 15.0 Å². The van der Waals surface area contributed by atoms with E-state index in [1.807, 2.05) is 31.2 Å². The summed E-state index contributed by atoms with van der Waals surface area (Å²) in [7, 11) is -0.801. The lowest BCUT2D eigenvalue weighted by atomic mass is 10.3. The van der Waals surface area contributed by atoms with Gasteiger partial charge in [0.2, 0.25) is 0 Å². The maximum Gasteiger partial charge on any atom is 0.274 e. The van der Waals surface area contributed by atoms with Crippen LogP contribution in [0.4, 0.5) is 5.69 Å². The van der Waals surface area contributed by atoms with Crippen molar-refractivity contribution in [2.75, 3.05) is 0 Å². The topological polar surface area (TPSA) is 47.4 Å². The predicted molar refractivity (Wildman–Crippen MR) is 78.6 cm³/mol. The van der Waals surface area contributed by atoms with Crippen LogP contribution in [0.15, 0.2) is 41.7 Å². The molecule has 1 aromatic heterocycles. The number of hydrogen-bond acceptors (Lipinski definition) is 4. The number of aliphatic imine (C=N–C) groups is 1. The van der Waals surface area contributed by atoms with E-state index in [9.17, 15) is 0 Å². The minimum absolute atomic E-state index is 0.774. The number of benzene rings is 1. The highest BCUT2D eigenvalue weighted by Gasteiger charge is 2.05. The van der Waals surface area contributed by atoms with E-state index in [1.54, 1.807) is 18.6 Å². The number of nitrogens with zero attached hydrogens (tertiary/aromatic N) is 3. The molecule has 19 heavy (non-hydrogen) atoms. The molecule has 0 fully saturated rings. The van der Waals surface area contributed by atoms with Crippen molar-refractivity contribution in [3.8, 4) is 5.75 Å². The van der Waals surface area contributed by atoms with Crippen LogP contribution in [0.1, 0.15) is 11.4 Å². The molecule has 2 rings (SSSR count). The predicted octanol–water partition coefficient (Wildman–Crippen LogP) is 3.17. The van der Waals surface area contributed by atoms with E-state index in [0.29, 0.717) is 0 Å². The normalized spacial score (nSPS) is 11.2. The maximum atomic E-state index is 5.82. The van der Waals surface area contributed by atoms with Gasteiger partial charge in [-0.15, -0.1) is 0 Å². The van der Waals surface area contributed by atoms with Crippen molar-refractivity contribution in [1.82, 2.24) is 9.97 Å². The summed E-state index contributed by atoms with van der Waals surface area (Å²) in [5.41, 5.74) is 2.45. The summed E-state index contributed by atoms with van der Waals surface area (Å²) in [5, 5.41) is 0. The SMILES string of the molecule is Cc1nccnc1C=Nc1ccccc1O[Si](C)C. The van der Waals surface area contributed by atoms with Crippen LogP contribution < -0.4 is 4.43 Å². The van der Waals surface area contributed by atoms with Crippen molar-refractivity contribution in [3.63, 3.8) is 0 Å². The van der Waals surface area contributed by atoms with Crippen LogP contribution in [-0.4, -0.2) is 25.2 Å². The summed E-state index contributed by atoms with van der Waals surface area (Å²) in [4.78, 5) is 12.9. The Balaban J connectivity index is 2.26. The molecule has 1 radical (unpaired) electrons. The third kappa shape index (κ3) is 3.72. The molecule has 0 unspecified atom stereocenters. The van der Waals surface area contributed by atoms with Crippen LogP contribution in [0.2, 0.25) is 13.1 Å². The Labute approximate surface area is 114 Å². The van der Waals surface area contributed by atoms with E-state index in [-0.39, 0.29) is 0 Å². The van der Waals surface area contributed by atoms with Gasteiger partial charge < -0.3 is 4.43 Å². The lowest BCUT2D eigenvalue weighted by Gasteiger charge is -2.10. The lowest BCUT2D eigenvalue weighted by molar-refractivity contribution is 0.582. The zero-order valence-corrected chi connectivity index (χ0v) is 12.3. The Morgan fingerprint density at radius 3 is 2.63 bits per heavy atom. The second kappa shape index (κ2) is 6.24. The molecule has 0 atom stereocenters. The molecule has 0 N–H and O–H groups in total. The molecule has 1 heterocycles. The molecule has 0 aliphatic heterocycles. The van der Waals surface area contributed by atoms with Gasteiger partial charge in [0.1, 0.15) is 17.1 Å². The summed E-state index contributed by atoms with van der Waals surface area (Å²) in [6.45, 7) is 6.10. The van der Waals surface area contributed by atoms with E-state index in [0.717, 1.165) is 22.8 Å². The Morgan fingerprint density at radius 1 is 1.16 bits per heavy atom. The molecule has 4 nitrogen and oxygen atoms in total. The first kappa shape index (κ1) is 13.4. The van der Waals surface area contributed by atoms with Gasteiger partial charge in [0.05, 0.1) is 11.9 Å². The summed E-state index contributed by atoms with van der Waals surface area (Å²) >= 11 is 0. The quantitative estimate of drug-likeness (QED) is 0.633. The minimum atomic E-state index is -0.801. The number of aryl methyl sites for hydroxylation is 1. The summed E-state index contributed by atoms with van der Waals surface area (Å²) in [6.07, 6.45) is 5.06. The fourth-order valence-electron chi connectivity index (χ4n) is 1.55. The van der Waals surface area contributed by atoms with Gasteiger partial charge in [0.25, 0.3) is 9.04 Å². The molecular weight excluding hydrogens is 254 g/mol. The zero-order chi connectivity index (χ0) is 13.7. The molecule has 1 aromatic carbocycles. The number of rotatable bonds is 4. The van der Waals surface area contributed by atoms with Crippen LogP contribution >= 0.6 is 0 Å². The average molecular weight is 270 g/mol. The molecule has 0 aliphatic rings. The molecule has 2 aromatic rings. The summed E-state index contributed by atoms with van der Waals surface area (Å²) in [5.74, 6) is 0.819. The van der Waals surface area contributed by atoms with Crippen LogP contribution in [0.3, 0.4) is 0 Å². The second-order valence-electron chi connectivity index (χ2n) is 4.26. The van der Waals surface area contributed by atoms with E-state index < -0.39 is 9.04 Å². The summed E-state index contributed by atoms with van der Waals surface area (Å²) in [6, 6.07) is 7.77. The highest BCUT2D eigenvalue weighted by atomic mass is 28.3. The first-order valence-electron chi connectivity index (χ1n) is 6.05. The van der Waals surface area contributed by atoms with Gasteiger partial charge in [0, 0.05) is 12.4 Å². The van der Waals surface area contributed by atoms with Crippen molar-refractivity contribution >= 4 is 20.9 Å². The standard InChI is InChI=1S/C14H16N3OSi/c1-11-13(16-9-8-15-11)10-17-12-6-4-5-7-14(12)18-19(2)3/h4-10H,1-3H3. The Hall–Kier alpha value is -2.01.